The third-order valence-corrected chi connectivity index (χ3v) is 3.04. The lowest BCUT2D eigenvalue weighted by Crippen LogP contribution is -2.33. The maximum Gasteiger partial charge on any atom is 0.407 e. The van der Waals surface area contributed by atoms with Gasteiger partial charge in [-0.3, -0.25) is 4.79 Å². The number of ketones is 1. The van der Waals surface area contributed by atoms with Crippen LogP contribution >= 0.6 is 0 Å². The summed E-state index contributed by atoms with van der Waals surface area (Å²) in [6.45, 7) is 6.17. The van der Waals surface area contributed by atoms with Crippen LogP contribution in [0.5, 0.6) is 0 Å². The third-order valence-electron chi connectivity index (χ3n) is 3.04. The van der Waals surface area contributed by atoms with E-state index in [0.717, 1.165) is 38.5 Å². The molecule has 0 bridgehead atoms. The molecule has 0 saturated heterocycles. The van der Waals surface area contributed by atoms with Gasteiger partial charge in [0.1, 0.15) is 11.4 Å². The summed E-state index contributed by atoms with van der Waals surface area (Å²) in [6, 6.07) is 0. The fourth-order valence-corrected chi connectivity index (χ4v) is 2.26. The largest absolute Gasteiger partial charge is 0.444 e. The first-order valence-electron chi connectivity index (χ1n) is 6.85. The first kappa shape index (κ1) is 15.0. The molecule has 1 N–H and O–H groups in total. The zero-order valence-electron chi connectivity index (χ0n) is 11.8. The number of carbonyl (C=O) groups excluding carboxylic acids is 2. The van der Waals surface area contributed by atoms with Gasteiger partial charge in [-0.25, -0.2) is 4.79 Å². The molecule has 1 rings (SSSR count). The van der Waals surface area contributed by atoms with Gasteiger partial charge in [0, 0.05) is 19.4 Å². The second-order valence-corrected chi connectivity index (χ2v) is 6.07. The minimum Gasteiger partial charge on any atom is -0.444 e. The number of hydrogen-bond acceptors (Lipinski definition) is 3. The molecule has 4 nitrogen and oxygen atoms in total. The Bertz CT molecular complexity index is 294. The molecule has 1 saturated carbocycles. The predicted molar refractivity (Wildman–Crippen MR) is 70.4 cm³/mol. The average Bonchev–Trinajstić information content (AvgIpc) is 2.22. The minimum absolute atomic E-state index is 0.359. The standard InChI is InChI=1S/C14H25NO3/c1-14(2,3)18-13(17)15-9-5-7-11-6-4-8-12(16)10-11/h11H,4-10H2,1-3H3,(H,15,17). The van der Waals surface area contributed by atoms with Crippen LogP contribution in [-0.4, -0.2) is 24.0 Å². The molecule has 1 unspecified atom stereocenters. The summed E-state index contributed by atoms with van der Waals surface area (Å²) in [5.74, 6) is 0.915. The quantitative estimate of drug-likeness (QED) is 0.785. The van der Waals surface area contributed by atoms with Crippen molar-refractivity contribution >= 4 is 11.9 Å². The highest BCUT2D eigenvalue weighted by molar-refractivity contribution is 5.79. The highest BCUT2D eigenvalue weighted by Gasteiger charge is 2.19. The van der Waals surface area contributed by atoms with E-state index in [1.54, 1.807) is 0 Å². The van der Waals surface area contributed by atoms with Crippen LogP contribution in [0.15, 0.2) is 0 Å². The van der Waals surface area contributed by atoms with Crippen LogP contribution in [0, 0.1) is 5.92 Å². The van der Waals surface area contributed by atoms with E-state index in [4.69, 9.17) is 4.74 Å². The summed E-state index contributed by atoms with van der Waals surface area (Å²) in [5.41, 5.74) is -0.445. The van der Waals surface area contributed by atoms with Gasteiger partial charge in [-0.05, 0) is 52.4 Å². The summed E-state index contributed by atoms with van der Waals surface area (Å²) in [5, 5.41) is 2.74. The molecule has 0 radical (unpaired) electrons. The lowest BCUT2D eigenvalue weighted by atomic mass is 9.85. The summed E-state index contributed by atoms with van der Waals surface area (Å²) < 4.78 is 5.14. The van der Waals surface area contributed by atoms with Crippen LogP contribution in [0.25, 0.3) is 0 Å². The summed E-state index contributed by atoms with van der Waals surface area (Å²) in [7, 11) is 0. The van der Waals surface area contributed by atoms with Gasteiger partial charge in [0.15, 0.2) is 0 Å². The van der Waals surface area contributed by atoms with Crippen molar-refractivity contribution in [3.63, 3.8) is 0 Å². The van der Waals surface area contributed by atoms with Gasteiger partial charge in [0.2, 0.25) is 0 Å². The molecule has 0 aromatic heterocycles. The Morgan fingerprint density at radius 3 is 2.78 bits per heavy atom. The highest BCUT2D eigenvalue weighted by atomic mass is 16.6. The van der Waals surface area contributed by atoms with Crippen molar-refractivity contribution < 1.29 is 14.3 Å². The van der Waals surface area contributed by atoms with Crippen LogP contribution < -0.4 is 5.32 Å². The van der Waals surface area contributed by atoms with Crippen LogP contribution in [0.2, 0.25) is 0 Å². The fraction of sp³-hybridized carbons (Fsp3) is 0.857. The number of alkyl carbamates (subject to hydrolysis) is 1. The molecular weight excluding hydrogens is 230 g/mol. The molecule has 0 aromatic carbocycles. The molecule has 0 aliphatic heterocycles. The molecule has 1 atom stereocenters. The van der Waals surface area contributed by atoms with Crippen LogP contribution in [0.3, 0.4) is 0 Å². The van der Waals surface area contributed by atoms with E-state index in [1.807, 2.05) is 20.8 Å². The van der Waals surface area contributed by atoms with E-state index in [0.29, 0.717) is 18.2 Å². The SMILES string of the molecule is CC(C)(C)OC(=O)NCCCC1CCCC(=O)C1. The minimum atomic E-state index is -0.445. The Hall–Kier alpha value is -1.06. The van der Waals surface area contributed by atoms with E-state index < -0.39 is 5.60 Å². The first-order chi connectivity index (χ1) is 8.37. The van der Waals surface area contributed by atoms with Crippen molar-refractivity contribution in [2.45, 2.75) is 64.9 Å². The van der Waals surface area contributed by atoms with Crippen molar-refractivity contribution in [3.8, 4) is 0 Å². The summed E-state index contributed by atoms with van der Waals surface area (Å²) in [6.07, 6.45) is 5.24. The molecule has 1 amide bonds. The van der Waals surface area contributed by atoms with Crippen LogP contribution in [0.4, 0.5) is 4.79 Å². The Kier molecular flexibility index (Phi) is 5.63. The van der Waals surface area contributed by atoms with Crippen LogP contribution in [0.1, 0.15) is 59.3 Å². The predicted octanol–water partition coefficient (Wildman–Crippen LogP) is 3.05. The number of ether oxygens (including phenoxy) is 1. The first-order valence-corrected chi connectivity index (χ1v) is 6.85. The topological polar surface area (TPSA) is 55.4 Å². The van der Waals surface area contributed by atoms with E-state index in [2.05, 4.69) is 5.32 Å². The lowest BCUT2D eigenvalue weighted by molar-refractivity contribution is -0.121. The van der Waals surface area contributed by atoms with E-state index in [-0.39, 0.29) is 6.09 Å². The number of rotatable bonds is 4. The Balaban J connectivity index is 2.08. The fourth-order valence-electron chi connectivity index (χ4n) is 2.26. The number of amides is 1. The molecule has 1 aliphatic carbocycles. The van der Waals surface area contributed by atoms with E-state index in [9.17, 15) is 9.59 Å². The van der Waals surface area contributed by atoms with E-state index >= 15 is 0 Å². The van der Waals surface area contributed by atoms with Crippen molar-refractivity contribution in [3.05, 3.63) is 0 Å². The Labute approximate surface area is 109 Å². The van der Waals surface area contributed by atoms with Gasteiger partial charge in [-0.2, -0.15) is 0 Å². The van der Waals surface area contributed by atoms with Gasteiger partial charge in [0.05, 0.1) is 0 Å². The normalized spacial score (nSPS) is 20.6. The van der Waals surface area contributed by atoms with Gasteiger partial charge in [0.25, 0.3) is 0 Å². The van der Waals surface area contributed by atoms with Gasteiger partial charge >= 0.3 is 6.09 Å². The molecule has 1 fully saturated rings. The smallest absolute Gasteiger partial charge is 0.407 e. The second kappa shape index (κ2) is 6.76. The van der Waals surface area contributed by atoms with Gasteiger partial charge in [-0.15, -0.1) is 0 Å². The molecule has 104 valence electrons. The molecule has 18 heavy (non-hydrogen) atoms. The molecule has 0 heterocycles. The molecular formula is C14H25NO3. The van der Waals surface area contributed by atoms with Crippen molar-refractivity contribution in [1.82, 2.24) is 5.32 Å². The molecule has 0 spiro atoms. The van der Waals surface area contributed by atoms with Crippen molar-refractivity contribution in [2.75, 3.05) is 6.54 Å². The molecule has 0 aromatic rings. The summed E-state index contributed by atoms with van der Waals surface area (Å²) >= 11 is 0. The number of carbonyl (C=O) groups is 2. The van der Waals surface area contributed by atoms with Gasteiger partial charge in [-0.1, -0.05) is 0 Å². The maximum absolute atomic E-state index is 11.4. The Morgan fingerprint density at radius 1 is 1.44 bits per heavy atom. The Morgan fingerprint density at radius 2 is 2.17 bits per heavy atom. The number of hydrogen-bond donors (Lipinski definition) is 1. The van der Waals surface area contributed by atoms with Crippen molar-refractivity contribution in [1.29, 1.82) is 0 Å². The maximum atomic E-state index is 11.4. The zero-order chi connectivity index (χ0) is 13.6. The van der Waals surface area contributed by atoms with Crippen molar-refractivity contribution in [2.24, 2.45) is 5.92 Å². The molecule has 4 heteroatoms. The summed E-state index contributed by atoms with van der Waals surface area (Å²) in [4.78, 5) is 22.7. The lowest BCUT2D eigenvalue weighted by Gasteiger charge is -2.21. The monoisotopic (exact) mass is 255 g/mol. The average molecular weight is 255 g/mol. The third kappa shape index (κ3) is 6.62. The van der Waals surface area contributed by atoms with Gasteiger partial charge < -0.3 is 10.1 Å². The number of Topliss-reactive ketones (excluding diaryl/α,β-unsaturated/α-hetero) is 1. The van der Waals surface area contributed by atoms with Crippen LogP contribution in [-0.2, 0) is 9.53 Å². The highest BCUT2D eigenvalue weighted by Crippen LogP contribution is 2.24. The van der Waals surface area contributed by atoms with E-state index in [1.165, 1.54) is 0 Å². The second-order valence-electron chi connectivity index (χ2n) is 6.07. The number of nitrogens with one attached hydrogen (secondary N) is 1. The molecule has 1 aliphatic rings. The zero-order valence-corrected chi connectivity index (χ0v) is 11.8.